The largest absolute Gasteiger partial charge is 0.456 e. The first-order chi connectivity index (χ1) is 26.9. The average Bonchev–Trinajstić information content (AvgIpc) is 3.45. The zero-order valence-corrected chi connectivity index (χ0v) is 31.2. The van der Waals surface area contributed by atoms with E-state index >= 15 is 0 Å². The van der Waals surface area contributed by atoms with E-state index in [1.807, 2.05) is 0 Å². The van der Waals surface area contributed by atoms with Crippen molar-refractivity contribution in [3.63, 3.8) is 0 Å². The molecule has 0 spiro atoms. The maximum absolute atomic E-state index is 7.14. The number of rotatable bonds is 2. The van der Waals surface area contributed by atoms with Crippen LogP contribution in [0.5, 0.6) is 5.75 Å². The van der Waals surface area contributed by atoms with Crippen molar-refractivity contribution >= 4 is 37.9 Å². The van der Waals surface area contributed by atoms with Gasteiger partial charge in [0.2, 0.25) is 0 Å². The van der Waals surface area contributed by atoms with Crippen LogP contribution < -0.4 is 4.74 Å². The van der Waals surface area contributed by atoms with Gasteiger partial charge < -0.3 is 4.74 Å². The van der Waals surface area contributed by atoms with E-state index in [-0.39, 0.29) is 16.7 Å². The summed E-state index contributed by atoms with van der Waals surface area (Å²) in [5, 5.41) is 7.52. The summed E-state index contributed by atoms with van der Waals surface area (Å²) in [5.41, 5.74) is 15.1. The summed E-state index contributed by atoms with van der Waals surface area (Å²) in [6.45, 7) is 7.10. The Morgan fingerprint density at radius 3 is 2.02 bits per heavy atom. The van der Waals surface area contributed by atoms with E-state index in [9.17, 15) is 0 Å². The Hall–Kier alpha value is -6.44. The molecule has 0 bridgehead atoms. The summed E-state index contributed by atoms with van der Waals surface area (Å²) < 4.78 is 7.14. The molecule has 1 nitrogen and oxygen atoms in total. The molecule has 1 heteroatoms. The minimum atomic E-state index is -0.177. The molecule has 5 aliphatic rings. The summed E-state index contributed by atoms with van der Waals surface area (Å²) >= 11 is 0. The van der Waals surface area contributed by atoms with Crippen molar-refractivity contribution in [3.05, 3.63) is 204 Å². The van der Waals surface area contributed by atoms with E-state index in [1.54, 1.807) is 0 Å². The lowest BCUT2D eigenvalue weighted by atomic mass is 9.60. The van der Waals surface area contributed by atoms with Crippen LogP contribution in [0.1, 0.15) is 37.5 Å². The molecule has 1 aliphatic heterocycles. The van der Waals surface area contributed by atoms with Gasteiger partial charge in [-0.05, 0) is 107 Å². The highest BCUT2D eigenvalue weighted by atomic mass is 16.5. The lowest BCUT2D eigenvalue weighted by Gasteiger charge is -2.45. The highest BCUT2D eigenvalue weighted by Gasteiger charge is 2.46. The lowest BCUT2D eigenvalue weighted by molar-refractivity contribution is 0.358. The Labute approximate surface area is 321 Å². The molecule has 55 heavy (non-hydrogen) atoms. The Balaban J connectivity index is 1.08. The van der Waals surface area contributed by atoms with Gasteiger partial charge >= 0.3 is 0 Å². The van der Waals surface area contributed by atoms with Gasteiger partial charge in [-0.1, -0.05) is 166 Å². The van der Waals surface area contributed by atoms with Gasteiger partial charge in [-0.3, -0.25) is 0 Å². The van der Waals surface area contributed by atoms with E-state index in [1.165, 1.54) is 88.0 Å². The van der Waals surface area contributed by atoms with Gasteiger partial charge in [0.05, 0.1) is 0 Å². The SMILES string of the molecule is CC1(C)c2ccccc2-c2ccc(-c3cc4c5ccccc5c(-c5cccc6c5OC5=C7C6=CC=CC7(C)C6C=CC=CC6=C5)cc4c4ccccc34)cc21. The molecule has 0 saturated heterocycles. The van der Waals surface area contributed by atoms with E-state index in [4.69, 9.17) is 4.74 Å². The number of allylic oxidation sites excluding steroid dienone is 11. The molecule has 260 valence electrons. The van der Waals surface area contributed by atoms with Crippen LogP contribution >= 0.6 is 0 Å². The molecule has 12 rings (SSSR count). The van der Waals surface area contributed by atoms with E-state index in [2.05, 4.69) is 191 Å². The highest BCUT2D eigenvalue weighted by Crippen LogP contribution is 2.59. The first kappa shape index (κ1) is 31.0. The predicted molar refractivity (Wildman–Crippen MR) is 230 cm³/mol. The molecule has 7 aromatic carbocycles. The quantitative estimate of drug-likeness (QED) is 0.163. The highest BCUT2D eigenvalue weighted by molar-refractivity contribution is 6.24. The van der Waals surface area contributed by atoms with Gasteiger partial charge in [-0.15, -0.1) is 0 Å². The van der Waals surface area contributed by atoms with Crippen molar-refractivity contribution in [2.45, 2.75) is 26.2 Å². The molecular formula is C54H38O. The Morgan fingerprint density at radius 1 is 0.527 bits per heavy atom. The number of fused-ring (bicyclic) bond motifs is 12. The van der Waals surface area contributed by atoms with E-state index in [0.717, 1.165) is 22.6 Å². The fourth-order valence-electron chi connectivity index (χ4n) is 10.7. The standard InChI is InChI=1S/C54H38O/c1-53(2)48-24-11-9-19-38(48)39-26-25-32(28-49(39)53)43-30-45-37-18-8-7-17-36(37)44(31-46(45)35-16-6-5-15-34(35)43)42-21-12-20-41-40-22-13-27-54(3)47-23-10-4-14-33(47)29-50(51(40)54)55-52(41)42/h4-31,47H,1-3H3. The molecule has 0 fully saturated rings. The lowest BCUT2D eigenvalue weighted by Crippen LogP contribution is -2.35. The number of hydrogen-bond acceptors (Lipinski definition) is 1. The van der Waals surface area contributed by atoms with Gasteiger partial charge in [0, 0.05) is 33.4 Å². The third-order valence-corrected chi connectivity index (χ3v) is 13.4. The minimum absolute atomic E-state index is 0.0631. The molecule has 2 unspecified atom stereocenters. The van der Waals surface area contributed by atoms with Crippen molar-refractivity contribution in [2.75, 3.05) is 0 Å². The average molecular weight is 703 g/mol. The van der Waals surface area contributed by atoms with Crippen molar-refractivity contribution < 1.29 is 4.74 Å². The number of para-hydroxylation sites is 1. The zero-order valence-electron chi connectivity index (χ0n) is 31.2. The van der Waals surface area contributed by atoms with Gasteiger partial charge in [0.1, 0.15) is 11.5 Å². The van der Waals surface area contributed by atoms with Crippen molar-refractivity contribution in [1.82, 2.24) is 0 Å². The summed E-state index contributed by atoms with van der Waals surface area (Å²) in [5.74, 6) is 2.18. The van der Waals surface area contributed by atoms with Gasteiger partial charge in [-0.25, -0.2) is 0 Å². The van der Waals surface area contributed by atoms with Crippen molar-refractivity contribution in [2.24, 2.45) is 11.3 Å². The van der Waals surface area contributed by atoms with Crippen LogP contribution in [-0.4, -0.2) is 0 Å². The number of hydrogen-bond donors (Lipinski definition) is 0. The first-order valence-electron chi connectivity index (χ1n) is 19.5. The molecule has 4 aliphatic carbocycles. The fourth-order valence-corrected chi connectivity index (χ4v) is 10.7. The second kappa shape index (κ2) is 10.8. The summed E-state index contributed by atoms with van der Waals surface area (Å²) in [4.78, 5) is 0. The molecule has 0 amide bonds. The molecule has 7 aromatic rings. The van der Waals surface area contributed by atoms with Crippen LogP contribution in [0.25, 0.3) is 71.3 Å². The second-order valence-corrected chi connectivity index (χ2v) is 16.6. The van der Waals surface area contributed by atoms with Crippen LogP contribution in [0.3, 0.4) is 0 Å². The summed E-state index contributed by atoms with van der Waals surface area (Å²) in [7, 11) is 0. The normalized spacial score (nSPS) is 20.7. The third-order valence-electron chi connectivity index (χ3n) is 13.4. The third kappa shape index (κ3) is 4.08. The molecule has 1 heterocycles. The van der Waals surface area contributed by atoms with Crippen molar-refractivity contribution in [1.29, 1.82) is 0 Å². The Kier molecular flexibility index (Phi) is 6.10. The number of ether oxygens (including phenoxy) is 1. The van der Waals surface area contributed by atoms with Gasteiger partial charge in [0.25, 0.3) is 0 Å². The molecular weight excluding hydrogens is 665 g/mol. The number of benzene rings is 7. The predicted octanol–water partition coefficient (Wildman–Crippen LogP) is 14.1. The Bertz CT molecular complexity index is 3100. The maximum Gasteiger partial charge on any atom is 0.143 e. The van der Waals surface area contributed by atoms with Crippen molar-refractivity contribution in [3.8, 4) is 39.1 Å². The maximum atomic E-state index is 7.14. The van der Waals surface area contributed by atoms with E-state index in [0.29, 0.717) is 0 Å². The van der Waals surface area contributed by atoms with Crippen LogP contribution in [-0.2, 0) is 5.41 Å². The molecule has 0 N–H and O–H groups in total. The minimum Gasteiger partial charge on any atom is -0.456 e. The van der Waals surface area contributed by atoms with Crippen LogP contribution in [0.4, 0.5) is 0 Å². The zero-order chi connectivity index (χ0) is 36.6. The van der Waals surface area contributed by atoms with E-state index < -0.39 is 0 Å². The molecule has 0 aromatic heterocycles. The molecule has 2 atom stereocenters. The second-order valence-electron chi connectivity index (χ2n) is 16.6. The summed E-state index contributed by atoms with van der Waals surface area (Å²) in [6, 6.07) is 45.5. The van der Waals surface area contributed by atoms with Crippen LogP contribution in [0.15, 0.2) is 187 Å². The first-order valence-corrected chi connectivity index (χ1v) is 19.5. The smallest absolute Gasteiger partial charge is 0.143 e. The molecule has 0 radical (unpaired) electrons. The van der Waals surface area contributed by atoms with Crippen LogP contribution in [0.2, 0.25) is 0 Å². The fraction of sp³-hybridized carbons (Fsp3) is 0.111. The summed E-state index contributed by atoms with van der Waals surface area (Å²) in [6.07, 6.45) is 18.1. The Morgan fingerprint density at radius 2 is 1.20 bits per heavy atom. The monoisotopic (exact) mass is 702 g/mol. The van der Waals surface area contributed by atoms with Gasteiger partial charge in [0.15, 0.2) is 0 Å². The molecule has 0 saturated carbocycles. The topological polar surface area (TPSA) is 9.23 Å². The van der Waals surface area contributed by atoms with Crippen LogP contribution in [0, 0.1) is 11.3 Å². The van der Waals surface area contributed by atoms with Gasteiger partial charge in [-0.2, -0.15) is 0 Å².